The predicted octanol–water partition coefficient (Wildman–Crippen LogP) is 7.86. The molecule has 0 saturated heterocycles. The molecular weight excluding hydrogens is 666 g/mol. The zero-order chi connectivity index (χ0) is 35.0. The molecule has 0 aliphatic carbocycles. The number of nitrogens with zero attached hydrogens (tertiary/aromatic N) is 4. The van der Waals surface area contributed by atoms with E-state index in [1.807, 2.05) is 0 Å². The number of halogens is 3. The average molecular weight is 691 g/mol. The average Bonchev–Trinajstić information content (AvgIpc) is 3.88. The Morgan fingerprint density at radius 3 is 1.52 bits per heavy atom. The Bertz CT molecular complexity index is 2410. The van der Waals surface area contributed by atoms with E-state index in [1.165, 1.54) is 119 Å². The third kappa shape index (κ3) is 5.65. The van der Waals surface area contributed by atoms with Gasteiger partial charge in [0.05, 0.1) is 17.1 Å². The van der Waals surface area contributed by atoms with Gasteiger partial charge in [-0.1, -0.05) is 36.4 Å². The van der Waals surface area contributed by atoms with Crippen LogP contribution in [0.25, 0.3) is 33.8 Å². The molecule has 0 aliphatic heterocycles. The molecule has 4 heterocycles. The summed E-state index contributed by atoms with van der Waals surface area (Å²) in [6, 6.07) is 24.6. The molecule has 4 aromatic heterocycles. The molecule has 0 amide bonds. The van der Waals surface area contributed by atoms with Gasteiger partial charge in [-0.25, -0.2) is 25.6 Å². The van der Waals surface area contributed by atoms with Gasteiger partial charge in [-0.3, -0.25) is 14.6 Å². The first kappa shape index (κ1) is 32.3. The zero-order valence-corrected chi connectivity index (χ0v) is 26.7. The Kier molecular flexibility index (Phi) is 8.38. The van der Waals surface area contributed by atoms with Gasteiger partial charge < -0.3 is 9.13 Å². The Hall–Kier alpha value is -6.27. The van der Waals surface area contributed by atoms with Crippen molar-refractivity contribution in [1.82, 2.24) is 18.1 Å². The highest BCUT2D eigenvalue weighted by molar-refractivity contribution is 7.90. The van der Waals surface area contributed by atoms with Crippen LogP contribution >= 0.6 is 0 Å². The number of hydrogen-bond acceptors (Lipinski definition) is 5. The number of hydrogen-bond donors (Lipinski definition) is 0. The maximum Gasteiger partial charge on any atom is 0.269 e. The topological polar surface area (TPSA) is 96.0 Å². The van der Waals surface area contributed by atoms with E-state index in [9.17, 15) is 18.0 Å². The standard InChI is InChI=1S/C38H25F3N4O4S/c39-32-12-4-1-9-29(32)35-16-25(23-46)20-43(35)38(44-21-26(24-47)17-36(44)30-10-2-5-13-33(30)40)27-18-37(31-11-3-6-14-34(31)41)45(22-27)50(48,49)28-8-7-15-42-19-28/h1-24,38H. The van der Waals surface area contributed by atoms with Crippen LogP contribution in [0.2, 0.25) is 0 Å². The normalized spacial score (nSPS) is 11.6. The number of carbonyl (C=O) groups is 2. The summed E-state index contributed by atoms with van der Waals surface area (Å²) in [6.07, 6.45) is 6.70. The summed E-state index contributed by atoms with van der Waals surface area (Å²) in [5.74, 6) is -1.92. The highest BCUT2D eigenvalue weighted by Crippen LogP contribution is 2.39. The Morgan fingerprint density at radius 2 is 1.08 bits per heavy atom. The summed E-state index contributed by atoms with van der Waals surface area (Å²) in [4.78, 5) is 28.2. The molecule has 0 aliphatic rings. The van der Waals surface area contributed by atoms with E-state index in [-0.39, 0.29) is 55.4 Å². The van der Waals surface area contributed by atoms with Crippen molar-refractivity contribution in [2.45, 2.75) is 11.1 Å². The predicted molar refractivity (Wildman–Crippen MR) is 181 cm³/mol. The van der Waals surface area contributed by atoms with E-state index in [0.29, 0.717) is 12.6 Å². The molecule has 0 bridgehead atoms. The van der Waals surface area contributed by atoms with Crippen molar-refractivity contribution >= 4 is 22.6 Å². The molecule has 0 radical (unpaired) electrons. The third-order valence-electron chi connectivity index (χ3n) is 8.28. The van der Waals surface area contributed by atoms with Gasteiger partial charge in [-0.2, -0.15) is 0 Å². The molecule has 0 atom stereocenters. The van der Waals surface area contributed by atoms with Crippen LogP contribution in [-0.4, -0.2) is 39.1 Å². The number of pyridine rings is 1. The molecule has 0 fully saturated rings. The molecule has 0 spiro atoms. The molecule has 3 aromatic carbocycles. The summed E-state index contributed by atoms with van der Waals surface area (Å²) < 4.78 is 78.7. The monoisotopic (exact) mass is 690 g/mol. The molecule has 7 rings (SSSR count). The number of rotatable bonds is 10. The van der Waals surface area contributed by atoms with Gasteiger partial charge in [0.1, 0.15) is 28.5 Å². The summed E-state index contributed by atoms with van der Waals surface area (Å²) >= 11 is 0. The van der Waals surface area contributed by atoms with Crippen LogP contribution in [0.15, 0.2) is 139 Å². The summed E-state index contributed by atoms with van der Waals surface area (Å²) in [5, 5.41) is 0. The Balaban J connectivity index is 1.59. The Morgan fingerprint density at radius 1 is 0.600 bits per heavy atom. The van der Waals surface area contributed by atoms with E-state index in [4.69, 9.17) is 0 Å². The molecule has 0 saturated carbocycles. The number of carbonyl (C=O) groups excluding carboxylic acids is 2. The van der Waals surface area contributed by atoms with Crippen LogP contribution in [-0.2, 0) is 10.0 Å². The highest BCUT2D eigenvalue weighted by Gasteiger charge is 2.30. The highest BCUT2D eigenvalue weighted by atomic mass is 32.2. The second kappa shape index (κ2) is 13.0. The Labute approximate surface area is 284 Å². The molecule has 50 heavy (non-hydrogen) atoms. The van der Waals surface area contributed by atoms with Crippen LogP contribution < -0.4 is 0 Å². The molecule has 0 unspecified atom stereocenters. The van der Waals surface area contributed by atoms with Crippen molar-refractivity contribution in [2.24, 2.45) is 0 Å². The summed E-state index contributed by atoms with van der Waals surface area (Å²) in [5.41, 5.74) is 1.05. The maximum atomic E-state index is 15.5. The van der Waals surface area contributed by atoms with Crippen molar-refractivity contribution in [1.29, 1.82) is 0 Å². The van der Waals surface area contributed by atoms with Gasteiger partial charge in [-0.05, 0) is 66.7 Å². The second-order valence-electron chi connectivity index (χ2n) is 11.3. The van der Waals surface area contributed by atoms with Crippen LogP contribution in [0.3, 0.4) is 0 Å². The molecule has 7 aromatic rings. The van der Waals surface area contributed by atoms with Gasteiger partial charge in [0.25, 0.3) is 10.0 Å². The van der Waals surface area contributed by atoms with E-state index >= 15 is 13.2 Å². The van der Waals surface area contributed by atoms with E-state index in [0.717, 1.165) is 10.2 Å². The molecule has 0 N–H and O–H groups in total. The smallest absolute Gasteiger partial charge is 0.269 e. The first-order valence-corrected chi connectivity index (χ1v) is 16.6. The van der Waals surface area contributed by atoms with Crippen LogP contribution in [0, 0.1) is 17.5 Å². The van der Waals surface area contributed by atoms with Gasteiger partial charge in [-0.15, -0.1) is 0 Å². The third-order valence-corrected chi connectivity index (χ3v) is 9.94. The van der Waals surface area contributed by atoms with Gasteiger partial charge in [0.2, 0.25) is 0 Å². The van der Waals surface area contributed by atoms with Crippen molar-refractivity contribution in [3.05, 3.63) is 168 Å². The van der Waals surface area contributed by atoms with Gasteiger partial charge >= 0.3 is 0 Å². The van der Waals surface area contributed by atoms with Crippen LogP contribution in [0.4, 0.5) is 13.2 Å². The fourth-order valence-electron chi connectivity index (χ4n) is 6.04. The molecule has 248 valence electrons. The minimum absolute atomic E-state index is 0.0456. The molecule has 8 nitrogen and oxygen atoms in total. The van der Waals surface area contributed by atoms with Crippen molar-refractivity contribution in [2.75, 3.05) is 0 Å². The fourth-order valence-corrected chi connectivity index (χ4v) is 7.38. The van der Waals surface area contributed by atoms with Crippen molar-refractivity contribution < 1.29 is 31.2 Å². The SMILES string of the molecule is O=Cc1cc(-c2ccccc2F)n(C(c2cc(-c3ccccc3F)n(S(=O)(=O)c3cccnc3)c2)n2cc(C=O)cc2-c2ccccc2F)c1. The summed E-state index contributed by atoms with van der Waals surface area (Å²) in [7, 11) is -4.41. The van der Waals surface area contributed by atoms with Gasteiger partial charge in [0.15, 0.2) is 12.6 Å². The minimum atomic E-state index is -4.41. The second-order valence-corrected chi connectivity index (χ2v) is 13.1. The molecule has 12 heteroatoms. The quantitative estimate of drug-likeness (QED) is 0.136. The summed E-state index contributed by atoms with van der Waals surface area (Å²) in [6.45, 7) is 0. The van der Waals surface area contributed by atoms with Gasteiger partial charge in [0, 0.05) is 64.4 Å². The van der Waals surface area contributed by atoms with E-state index in [1.54, 1.807) is 18.2 Å². The number of benzene rings is 3. The fraction of sp³-hybridized carbons (Fsp3) is 0.0263. The zero-order valence-electron chi connectivity index (χ0n) is 25.9. The van der Waals surface area contributed by atoms with Crippen LogP contribution in [0.1, 0.15) is 32.4 Å². The number of aldehydes is 2. The maximum absolute atomic E-state index is 15.5. The lowest BCUT2D eigenvalue weighted by Gasteiger charge is -2.26. The van der Waals surface area contributed by atoms with E-state index < -0.39 is 33.6 Å². The van der Waals surface area contributed by atoms with Crippen molar-refractivity contribution in [3.63, 3.8) is 0 Å². The lowest BCUT2D eigenvalue weighted by Crippen LogP contribution is -2.20. The van der Waals surface area contributed by atoms with E-state index in [2.05, 4.69) is 4.98 Å². The minimum Gasteiger partial charge on any atom is -0.321 e. The molecular formula is C38H25F3N4O4S. The first-order chi connectivity index (χ1) is 24.2. The largest absolute Gasteiger partial charge is 0.321 e. The first-order valence-electron chi connectivity index (χ1n) is 15.2. The lowest BCUT2D eigenvalue weighted by atomic mass is 10.1. The number of aromatic nitrogens is 4. The lowest BCUT2D eigenvalue weighted by molar-refractivity contribution is 0.111. The van der Waals surface area contributed by atoms with Crippen LogP contribution in [0.5, 0.6) is 0 Å². The van der Waals surface area contributed by atoms with Crippen molar-refractivity contribution in [3.8, 4) is 33.8 Å².